The van der Waals surface area contributed by atoms with Gasteiger partial charge in [-0.25, -0.2) is 4.52 Å². The number of alkyl halides is 6. The molecule has 3 aliphatic rings. The van der Waals surface area contributed by atoms with E-state index in [2.05, 4.69) is 24.7 Å². The molecule has 4 heterocycles. The van der Waals surface area contributed by atoms with Crippen molar-refractivity contribution in [3.05, 3.63) is 29.6 Å². The molecule has 2 aliphatic carbocycles. The van der Waals surface area contributed by atoms with Gasteiger partial charge in [0.25, 0.3) is 0 Å². The minimum atomic E-state index is -4.73. The summed E-state index contributed by atoms with van der Waals surface area (Å²) >= 11 is 1.45. The first-order chi connectivity index (χ1) is 17.4. The van der Waals surface area contributed by atoms with Gasteiger partial charge < -0.3 is 15.0 Å². The summed E-state index contributed by atoms with van der Waals surface area (Å²) in [4.78, 5) is 6.55. The third-order valence-corrected chi connectivity index (χ3v) is 8.70. The van der Waals surface area contributed by atoms with E-state index in [1.54, 1.807) is 0 Å². The summed E-state index contributed by atoms with van der Waals surface area (Å²) in [6.45, 7) is 2.83. The summed E-state index contributed by atoms with van der Waals surface area (Å²) in [7, 11) is 0. The van der Waals surface area contributed by atoms with Crippen LogP contribution in [0.15, 0.2) is 18.2 Å². The maximum atomic E-state index is 13.7. The molecule has 1 aliphatic heterocycles. The molecule has 1 unspecified atom stereocenters. The van der Waals surface area contributed by atoms with Gasteiger partial charge in [-0.15, -0.1) is 5.10 Å². The summed E-state index contributed by atoms with van der Waals surface area (Å²) in [5.41, 5.74) is -2.34. The van der Waals surface area contributed by atoms with Crippen LogP contribution in [-0.2, 0) is 6.18 Å². The fraction of sp³-hybridized carbons (Fsp3) is 0.609. The summed E-state index contributed by atoms with van der Waals surface area (Å²) in [6.07, 6.45) is -7.40. The molecule has 200 valence electrons. The quantitative estimate of drug-likeness (QED) is 0.409. The van der Waals surface area contributed by atoms with Crippen molar-refractivity contribution in [3.63, 3.8) is 0 Å². The fourth-order valence-electron chi connectivity index (χ4n) is 5.49. The van der Waals surface area contributed by atoms with E-state index in [4.69, 9.17) is 4.74 Å². The Kier molecular flexibility index (Phi) is 5.55. The number of piperidine rings is 1. The molecule has 0 spiro atoms. The first-order valence-corrected chi connectivity index (χ1v) is 12.8. The number of rotatable bonds is 6. The fourth-order valence-corrected chi connectivity index (χ4v) is 6.27. The minimum Gasteiger partial charge on any atom is -0.489 e. The molecule has 0 aromatic carbocycles. The molecular weight excluding hydrogens is 522 g/mol. The number of nitrogens with zero attached hydrogens (tertiary/aromatic N) is 5. The van der Waals surface area contributed by atoms with Crippen LogP contribution in [0, 0.1) is 24.2 Å². The van der Waals surface area contributed by atoms with E-state index in [0.717, 1.165) is 48.8 Å². The third kappa shape index (κ3) is 4.36. The molecule has 3 atom stereocenters. The molecule has 3 aromatic rings. The molecule has 6 rings (SSSR count). The van der Waals surface area contributed by atoms with Crippen molar-refractivity contribution in [1.29, 1.82) is 0 Å². The Morgan fingerprint density at radius 3 is 2.38 bits per heavy atom. The number of halogens is 6. The lowest BCUT2D eigenvalue weighted by Crippen LogP contribution is -2.48. The molecule has 0 amide bonds. The van der Waals surface area contributed by atoms with Crippen LogP contribution >= 0.6 is 11.5 Å². The monoisotopic (exact) mass is 546 g/mol. The number of aromatic nitrogens is 4. The molecule has 0 radical (unpaired) electrons. The van der Waals surface area contributed by atoms with Crippen LogP contribution in [0.25, 0.3) is 5.65 Å². The average Bonchev–Trinajstić information content (AvgIpc) is 3.24. The van der Waals surface area contributed by atoms with Crippen LogP contribution in [0.3, 0.4) is 0 Å². The molecule has 2 bridgehead atoms. The highest BCUT2D eigenvalue weighted by atomic mass is 32.1. The minimum absolute atomic E-state index is 0.00231. The molecule has 3 aromatic heterocycles. The van der Waals surface area contributed by atoms with Crippen LogP contribution in [0.1, 0.15) is 37.1 Å². The highest BCUT2D eigenvalue weighted by Crippen LogP contribution is 2.57. The highest BCUT2D eigenvalue weighted by molar-refractivity contribution is 7.10. The normalized spacial score (nSPS) is 25.1. The molecule has 2 saturated carbocycles. The van der Waals surface area contributed by atoms with Crippen molar-refractivity contribution >= 4 is 28.1 Å². The Bertz CT molecular complexity index is 1300. The van der Waals surface area contributed by atoms with E-state index in [-0.39, 0.29) is 48.1 Å². The maximum Gasteiger partial charge on any atom is 0.433 e. The summed E-state index contributed by atoms with van der Waals surface area (Å²) in [5.74, 6) is 0.323. The van der Waals surface area contributed by atoms with Gasteiger partial charge in [0.15, 0.2) is 11.4 Å². The second kappa shape index (κ2) is 8.37. The van der Waals surface area contributed by atoms with Crippen molar-refractivity contribution in [2.45, 2.75) is 51.0 Å². The highest BCUT2D eigenvalue weighted by Gasteiger charge is 2.64. The summed E-state index contributed by atoms with van der Waals surface area (Å²) < 4.78 is 91.5. The topological polar surface area (TPSA) is 67.6 Å². The van der Waals surface area contributed by atoms with Crippen LogP contribution in [0.5, 0.6) is 5.75 Å². The van der Waals surface area contributed by atoms with Crippen molar-refractivity contribution in [2.24, 2.45) is 17.3 Å². The van der Waals surface area contributed by atoms with Crippen molar-refractivity contribution in [2.75, 3.05) is 29.9 Å². The smallest absolute Gasteiger partial charge is 0.433 e. The first-order valence-electron chi connectivity index (χ1n) is 12.0. The van der Waals surface area contributed by atoms with Gasteiger partial charge in [0.05, 0.1) is 5.69 Å². The zero-order valence-electron chi connectivity index (χ0n) is 19.7. The van der Waals surface area contributed by atoms with Crippen LogP contribution < -0.4 is 15.0 Å². The van der Waals surface area contributed by atoms with E-state index in [1.165, 1.54) is 11.5 Å². The van der Waals surface area contributed by atoms with Gasteiger partial charge in [-0.2, -0.15) is 35.7 Å². The number of nitrogens with one attached hydrogen (secondary N) is 1. The molecule has 7 nitrogen and oxygen atoms in total. The largest absolute Gasteiger partial charge is 0.489 e. The molecule has 14 heteroatoms. The van der Waals surface area contributed by atoms with Gasteiger partial charge in [0, 0.05) is 19.1 Å². The lowest BCUT2D eigenvalue weighted by molar-refractivity contribution is -0.194. The SMILES string of the molecule is Cc1cc(N2C[C@H]3CC[C@@H](C2)C3Nc2nc3c(OCC4(C(F)(F)F)CC4)ccc(C(F)(F)F)n3n2)sn1. The lowest BCUT2D eigenvalue weighted by Gasteiger charge is -2.38. The number of aryl methyl sites for hydroxylation is 1. The van der Waals surface area contributed by atoms with E-state index in [0.29, 0.717) is 4.52 Å². The van der Waals surface area contributed by atoms with Gasteiger partial charge in [-0.05, 0) is 74.2 Å². The number of anilines is 2. The second-order valence-corrected chi connectivity index (χ2v) is 11.1. The van der Waals surface area contributed by atoms with Crippen molar-refractivity contribution < 1.29 is 31.1 Å². The number of ether oxygens (including phenoxy) is 1. The number of hydrogen-bond acceptors (Lipinski definition) is 7. The predicted molar refractivity (Wildman–Crippen MR) is 124 cm³/mol. The third-order valence-electron chi connectivity index (χ3n) is 7.75. The Morgan fingerprint density at radius 1 is 1.11 bits per heavy atom. The average molecular weight is 547 g/mol. The van der Waals surface area contributed by atoms with Gasteiger partial charge in [-0.1, -0.05) is 0 Å². The molecule has 1 saturated heterocycles. The predicted octanol–water partition coefficient (Wildman–Crippen LogP) is 5.56. The Hall–Kier alpha value is -2.77. The lowest BCUT2D eigenvalue weighted by atomic mass is 9.92. The number of hydrogen-bond donors (Lipinski definition) is 1. The van der Waals surface area contributed by atoms with E-state index < -0.39 is 30.1 Å². The molecular formula is C23H24F6N6OS. The van der Waals surface area contributed by atoms with E-state index >= 15 is 0 Å². The van der Waals surface area contributed by atoms with Crippen LogP contribution in [0.2, 0.25) is 0 Å². The van der Waals surface area contributed by atoms with Gasteiger partial charge >= 0.3 is 12.4 Å². The summed E-state index contributed by atoms with van der Waals surface area (Å²) in [5, 5.41) is 8.41. The van der Waals surface area contributed by atoms with Crippen molar-refractivity contribution in [1.82, 2.24) is 19.0 Å². The molecule has 37 heavy (non-hydrogen) atoms. The van der Waals surface area contributed by atoms with Crippen molar-refractivity contribution in [3.8, 4) is 5.75 Å². The van der Waals surface area contributed by atoms with E-state index in [9.17, 15) is 26.3 Å². The maximum absolute atomic E-state index is 13.7. The zero-order valence-corrected chi connectivity index (χ0v) is 20.6. The summed E-state index contributed by atoms with van der Waals surface area (Å²) in [6, 6.07) is 3.79. The van der Waals surface area contributed by atoms with Crippen LogP contribution in [0.4, 0.5) is 37.3 Å². The van der Waals surface area contributed by atoms with Gasteiger partial charge in [0.2, 0.25) is 5.95 Å². The molecule has 3 fully saturated rings. The second-order valence-electron chi connectivity index (χ2n) is 10.3. The molecule has 1 N–H and O–H groups in total. The number of fused-ring (bicyclic) bond motifs is 3. The van der Waals surface area contributed by atoms with Gasteiger partial charge in [0.1, 0.15) is 22.7 Å². The number of pyridine rings is 1. The first kappa shape index (κ1) is 24.6. The Balaban J connectivity index is 1.25. The Morgan fingerprint density at radius 2 is 1.81 bits per heavy atom. The Labute approximate surface area is 212 Å². The van der Waals surface area contributed by atoms with Crippen LogP contribution in [-0.4, -0.2) is 50.9 Å². The zero-order chi connectivity index (χ0) is 26.2. The van der Waals surface area contributed by atoms with Gasteiger partial charge in [-0.3, -0.25) is 0 Å². The van der Waals surface area contributed by atoms with E-state index in [1.807, 2.05) is 13.0 Å². The standard InChI is InChI=1S/C23H24F6N6OS/c1-12-8-17(37-33-12)34-9-13-2-3-14(10-34)18(13)30-20-31-19-15(36-11-21(6-7-21)23(27,28)29)4-5-16(22(24,25)26)35(19)32-20/h4-5,8,13-14,18H,2-3,6-7,9-11H2,1H3,(H,30,32)/t13-,14+,18?.